The van der Waals surface area contributed by atoms with Gasteiger partial charge in [-0.1, -0.05) is 39.0 Å². The van der Waals surface area contributed by atoms with Gasteiger partial charge in [0.15, 0.2) is 0 Å². The molecule has 1 aliphatic heterocycles. The number of benzene rings is 1. The number of ether oxygens (including phenoxy) is 2. The van der Waals surface area contributed by atoms with E-state index in [2.05, 4.69) is 22.2 Å². The summed E-state index contributed by atoms with van der Waals surface area (Å²) in [5, 5.41) is 4.71. The molecule has 1 aromatic heterocycles. The van der Waals surface area contributed by atoms with Crippen molar-refractivity contribution in [3.63, 3.8) is 0 Å². The molecule has 2 fully saturated rings. The molecule has 2 aromatic rings. The Morgan fingerprint density at radius 3 is 2.25 bits per heavy atom. The molecule has 0 spiro atoms. The predicted molar refractivity (Wildman–Crippen MR) is 185 cm³/mol. The number of pyridine rings is 1. The van der Waals surface area contributed by atoms with Crippen molar-refractivity contribution >= 4 is 44.7 Å². The molecular formula is C35H46F3N5O8S. The average Bonchev–Trinajstić information content (AvgIpc) is 3.78. The second-order valence-electron chi connectivity index (χ2n) is 15.4. The fraction of sp³-hybridized carbons (Fsp3) is 0.571. The number of carbonyl (C=O) groups excluding carboxylic acids is 4. The van der Waals surface area contributed by atoms with E-state index >= 15 is 0 Å². The Bertz CT molecular complexity index is 1840. The molecule has 0 unspecified atom stereocenters. The van der Waals surface area contributed by atoms with Crippen molar-refractivity contribution in [1.82, 2.24) is 25.2 Å². The van der Waals surface area contributed by atoms with Crippen LogP contribution in [0.3, 0.4) is 0 Å². The number of fused-ring (bicyclic) bond motifs is 1. The third kappa shape index (κ3) is 9.72. The number of rotatable bonds is 11. The molecule has 4 rings (SSSR count). The van der Waals surface area contributed by atoms with Crippen LogP contribution in [0, 0.1) is 5.41 Å². The highest BCUT2D eigenvalue weighted by molar-refractivity contribution is 7.91. The first kappa shape index (κ1) is 40.4. The van der Waals surface area contributed by atoms with E-state index in [1.54, 1.807) is 47.6 Å². The highest BCUT2D eigenvalue weighted by Gasteiger charge is 2.49. The number of alkyl carbamates (subject to hydrolysis) is 1. The van der Waals surface area contributed by atoms with Crippen molar-refractivity contribution in [3.8, 4) is 5.75 Å². The largest absolute Gasteiger partial charge is 0.488 e. The molecule has 2 aliphatic rings. The van der Waals surface area contributed by atoms with Crippen molar-refractivity contribution in [2.24, 2.45) is 5.41 Å². The number of halogens is 3. The average molecular weight is 754 g/mol. The maximum atomic E-state index is 14.4. The van der Waals surface area contributed by atoms with Crippen molar-refractivity contribution in [3.05, 3.63) is 48.7 Å². The Kier molecular flexibility index (Phi) is 11.3. The van der Waals surface area contributed by atoms with Crippen LogP contribution >= 0.6 is 0 Å². The third-order valence-corrected chi connectivity index (χ3v) is 10.4. The van der Waals surface area contributed by atoms with Crippen LogP contribution in [0.15, 0.2) is 43.0 Å². The smallest absolute Gasteiger partial charge is 0.433 e. The molecule has 2 heterocycles. The van der Waals surface area contributed by atoms with Gasteiger partial charge in [-0.2, -0.15) is 13.2 Å². The zero-order chi connectivity index (χ0) is 39.0. The molecule has 0 bridgehead atoms. The highest BCUT2D eigenvalue weighted by atomic mass is 32.2. The van der Waals surface area contributed by atoms with Crippen LogP contribution < -0.4 is 20.1 Å². The number of para-hydroxylation sites is 1. The monoisotopic (exact) mass is 753 g/mol. The van der Waals surface area contributed by atoms with Crippen molar-refractivity contribution < 1.29 is 50.2 Å². The van der Waals surface area contributed by atoms with Gasteiger partial charge in [-0.25, -0.2) is 18.2 Å². The van der Waals surface area contributed by atoms with Gasteiger partial charge < -0.3 is 25.0 Å². The highest BCUT2D eigenvalue weighted by Crippen LogP contribution is 2.36. The van der Waals surface area contributed by atoms with E-state index in [4.69, 9.17) is 9.47 Å². The quantitative estimate of drug-likeness (QED) is 0.277. The van der Waals surface area contributed by atoms with Crippen LogP contribution in [0.2, 0.25) is 0 Å². The first-order chi connectivity index (χ1) is 23.8. The van der Waals surface area contributed by atoms with Gasteiger partial charge in [0.05, 0.1) is 17.3 Å². The minimum atomic E-state index is -4.81. The lowest BCUT2D eigenvalue weighted by atomic mass is 9.85. The fourth-order valence-corrected chi connectivity index (χ4v) is 7.14. The number of likely N-dealkylation sites (tertiary alicyclic amines) is 1. The molecular weight excluding hydrogens is 707 g/mol. The summed E-state index contributed by atoms with van der Waals surface area (Å²) in [5.74, 6) is -2.80. The molecule has 1 aliphatic carbocycles. The number of carbonyl (C=O) groups is 4. The van der Waals surface area contributed by atoms with E-state index < -0.39 is 85.7 Å². The molecule has 1 saturated heterocycles. The number of hydrogen-bond acceptors (Lipinski definition) is 9. The number of alkyl halides is 3. The summed E-state index contributed by atoms with van der Waals surface area (Å²) >= 11 is 0. The Morgan fingerprint density at radius 2 is 1.69 bits per heavy atom. The van der Waals surface area contributed by atoms with Gasteiger partial charge >= 0.3 is 12.3 Å². The van der Waals surface area contributed by atoms with Gasteiger partial charge in [-0.3, -0.25) is 19.1 Å². The summed E-state index contributed by atoms with van der Waals surface area (Å²) in [4.78, 5) is 59.6. The van der Waals surface area contributed by atoms with Gasteiger partial charge in [0.25, 0.3) is 5.91 Å². The molecule has 4 amide bonds. The summed E-state index contributed by atoms with van der Waals surface area (Å²) < 4.78 is 80.3. The summed E-state index contributed by atoms with van der Waals surface area (Å²) in [6, 6.07) is 4.13. The predicted octanol–water partition coefficient (Wildman–Crippen LogP) is 4.60. The molecule has 0 radical (unpaired) electrons. The van der Waals surface area contributed by atoms with Crippen LogP contribution in [-0.4, -0.2) is 83.2 Å². The number of aromatic nitrogens is 1. The molecule has 17 heteroatoms. The lowest BCUT2D eigenvalue weighted by Gasteiger charge is -2.36. The lowest BCUT2D eigenvalue weighted by Crippen LogP contribution is -2.62. The zero-order valence-corrected chi connectivity index (χ0v) is 31.0. The lowest BCUT2D eigenvalue weighted by molar-refractivity contribution is -0.143. The van der Waals surface area contributed by atoms with Crippen LogP contribution in [0.1, 0.15) is 79.8 Å². The number of sulfonamides is 1. The number of hydrogen-bond donors (Lipinski definition) is 3. The maximum absolute atomic E-state index is 14.4. The van der Waals surface area contributed by atoms with Crippen molar-refractivity contribution in [2.45, 2.75) is 115 Å². The van der Waals surface area contributed by atoms with E-state index in [-0.39, 0.29) is 36.0 Å². The Labute approximate surface area is 301 Å². The van der Waals surface area contributed by atoms with Crippen LogP contribution in [0.4, 0.5) is 18.0 Å². The first-order valence-electron chi connectivity index (χ1n) is 16.8. The van der Waals surface area contributed by atoms with E-state index in [9.17, 15) is 40.8 Å². The first-order valence-corrected chi connectivity index (χ1v) is 18.3. The minimum absolute atomic E-state index is 0.00857. The van der Waals surface area contributed by atoms with Gasteiger partial charge in [0.1, 0.15) is 40.8 Å². The van der Waals surface area contributed by atoms with E-state index in [0.717, 1.165) is 11.0 Å². The summed E-state index contributed by atoms with van der Waals surface area (Å²) in [6.07, 6.45) is -5.11. The van der Waals surface area contributed by atoms with Gasteiger partial charge in [-0.05, 0) is 64.5 Å². The molecule has 3 N–H and O–H groups in total. The Balaban J connectivity index is 1.71. The number of nitrogens with one attached hydrogen (secondary N) is 3. The van der Waals surface area contributed by atoms with E-state index in [0.29, 0.717) is 12.8 Å². The van der Waals surface area contributed by atoms with Gasteiger partial charge in [0, 0.05) is 17.9 Å². The second kappa shape index (κ2) is 14.5. The molecule has 4 atom stereocenters. The van der Waals surface area contributed by atoms with Crippen LogP contribution in [0.5, 0.6) is 5.75 Å². The summed E-state index contributed by atoms with van der Waals surface area (Å²) in [5.41, 5.74) is -4.88. The van der Waals surface area contributed by atoms with E-state index in [1.807, 2.05) is 4.72 Å². The maximum Gasteiger partial charge on any atom is 0.433 e. The van der Waals surface area contributed by atoms with E-state index in [1.165, 1.54) is 31.2 Å². The van der Waals surface area contributed by atoms with Crippen molar-refractivity contribution in [1.29, 1.82) is 0 Å². The SMILES string of the molecule is C=CC[C@](C)(NC(=O)[C@@H]1C[C@@H](Oc2cc(C(F)(F)F)nc3ccccc23)CN1C(=O)[C@@H](NC(=O)OC(C)(C)C)C(C)(C)C)C(=O)NS(=O)(=O)C1CC1. The Hall–Kier alpha value is -4.41. The van der Waals surface area contributed by atoms with Crippen molar-refractivity contribution in [2.75, 3.05) is 6.54 Å². The number of amides is 4. The summed E-state index contributed by atoms with van der Waals surface area (Å²) in [6.45, 7) is 14.6. The molecule has 1 saturated carbocycles. The zero-order valence-electron chi connectivity index (χ0n) is 30.2. The van der Waals surface area contributed by atoms with Crippen LogP contribution in [-0.2, 0) is 35.3 Å². The third-order valence-electron chi connectivity index (χ3n) is 8.54. The van der Waals surface area contributed by atoms with Gasteiger partial charge in [0.2, 0.25) is 21.8 Å². The summed E-state index contributed by atoms with van der Waals surface area (Å²) in [7, 11) is -4.00. The molecule has 13 nitrogen and oxygen atoms in total. The second-order valence-corrected chi connectivity index (χ2v) is 17.4. The minimum Gasteiger partial charge on any atom is -0.488 e. The number of nitrogens with zero attached hydrogens (tertiary/aromatic N) is 2. The molecule has 286 valence electrons. The topological polar surface area (TPSA) is 173 Å². The standard InChI is InChI=1S/C35H46F3N5O8S/c1-9-16-34(8,30(46)42-52(48,49)21-14-15-21)41-28(44)24-17-20(50-25-18-26(35(36,37)38)39-23-13-11-10-12-22(23)25)19-43(24)29(45)27(32(2,3)4)40-31(47)51-33(5,6)7/h9-13,18,20-21,24,27H,1,14-17,19H2,2-8H3,(H,40,47)(H,41,44)(H,42,46)/t20-,24+,27-,34+/m1/s1. The van der Waals surface area contributed by atoms with Gasteiger partial charge in [-0.15, -0.1) is 6.58 Å². The normalized spacial score (nSPS) is 20.0. The fourth-order valence-electron chi connectivity index (χ4n) is 5.73. The molecule has 52 heavy (non-hydrogen) atoms. The van der Waals surface area contributed by atoms with Crippen LogP contribution in [0.25, 0.3) is 10.9 Å². The Morgan fingerprint density at radius 1 is 1.06 bits per heavy atom. The molecule has 1 aromatic carbocycles.